The Hall–Kier alpha value is -0.890. The summed E-state index contributed by atoms with van der Waals surface area (Å²) in [5, 5.41) is 10.4. The van der Waals surface area contributed by atoms with Gasteiger partial charge >= 0.3 is 0 Å². The van der Waals surface area contributed by atoms with Crippen molar-refractivity contribution < 1.29 is 9.50 Å². The molecule has 0 bridgehead atoms. The highest BCUT2D eigenvalue weighted by Crippen LogP contribution is 2.42. The van der Waals surface area contributed by atoms with Crippen molar-refractivity contribution in [2.75, 3.05) is 0 Å². The predicted molar refractivity (Wildman–Crippen MR) is 58.0 cm³/mol. The van der Waals surface area contributed by atoms with Gasteiger partial charge < -0.3 is 5.11 Å². The van der Waals surface area contributed by atoms with E-state index in [1.165, 1.54) is 12.1 Å². The van der Waals surface area contributed by atoms with Crippen molar-refractivity contribution >= 4 is 0 Å². The van der Waals surface area contributed by atoms with E-state index in [1.807, 2.05) is 13.0 Å². The molecule has 2 atom stereocenters. The number of rotatable bonds is 1. The Morgan fingerprint density at radius 2 is 2.13 bits per heavy atom. The van der Waals surface area contributed by atoms with E-state index >= 15 is 0 Å². The van der Waals surface area contributed by atoms with Crippen LogP contribution in [-0.2, 0) is 5.60 Å². The van der Waals surface area contributed by atoms with Crippen molar-refractivity contribution in [3.63, 3.8) is 0 Å². The van der Waals surface area contributed by atoms with Gasteiger partial charge in [0.05, 0.1) is 5.60 Å². The van der Waals surface area contributed by atoms with Crippen LogP contribution in [0.3, 0.4) is 0 Å². The maximum atomic E-state index is 13.2. The molecule has 2 rings (SSSR count). The van der Waals surface area contributed by atoms with Crippen molar-refractivity contribution in [3.8, 4) is 0 Å². The molecule has 2 heteroatoms. The molecule has 0 radical (unpaired) electrons. The van der Waals surface area contributed by atoms with E-state index in [0.717, 1.165) is 30.4 Å². The maximum absolute atomic E-state index is 13.2. The van der Waals surface area contributed by atoms with E-state index in [0.29, 0.717) is 5.92 Å². The summed E-state index contributed by atoms with van der Waals surface area (Å²) in [6, 6.07) is 4.84. The van der Waals surface area contributed by atoms with E-state index in [-0.39, 0.29) is 5.82 Å². The first-order valence-corrected chi connectivity index (χ1v) is 5.50. The van der Waals surface area contributed by atoms with Gasteiger partial charge in [0.1, 0.15) is 5.82 Å². The van der Waals surface area contributed by atoms with E-state index in [1.54, 1.807) is 0 Å². The van der Waals surface area contributed by atoms with Gasteiger partial charge in [-0.15, -0.1) is 0 Å². The quantitative estimate of drug-likeness (QED) is 0.751. The molecule has 15 heavy (non-hydrogen) atoms. The SMILES string of the molecule is Cc1cc(F)cc(C2(O)CCC(C)C2)c1. The van der Waals surface area contributed by atoms with Crippen LogP contribution in [0.2, 0.25) is 0 Å². The first kappa shape index (κ1) is 10.6. The lowest BCUT2D eigenvalue weighted by Crippen LogP contribution is -2.21. The van der Waals surface area contributed by atoms with E-state index in [9.17, 15) is 9.50 Å². The van der Waals surface area contributed by atoms with Crippen LogP contribution in [0.1, 0.15) is 37.3 Å². The van der Waals surface area contributed by atoms with Crippen LogP contribution in [0.4, 0.5) is 4.39 Å². The highest BCUT2D eigenvalue weighted by molar-refractivity contribution is 5.29. The molecule has 1 aromatic carbocycles. The van der Waals surface area contributed by atoms with Crippen molar-refractivity contribution in [3.05, 3.63) is 35.1 Å². The van der Waals surface area contributed by atoms with Gasteiger partial charge in [-0.3, -0.25) is 0 Å². The lowest BCUT2D eigenvalue weighted by atomic mass is 9.90. The summed E-state index contributed by atoms with van der Waals surface area (Å²) >= 11 is 0. The normalized spacial score (nSPS) is 30.8. The molecule has 1 aromatic rings. The van der Waals surface area contributed by atoms with Crippen molar-refractivity contribution in [2.24, 2.45) is 5.92 Å². The summed E-state index contributed by atoms with van der Waals surface area (Å²) in [6.45, 7) is 3.98. The molecule has 1 saturated carbocycles. The van der Waals surface area contributed by atoms with Gasteiger partial charge in [0.25, 0.3) is 0 Å². The number of aliphatic hydroxyl groups is 1. The van der Waals surface area contributed by atoms with Crippen LogP contribution >= 0.6 is 0 Å². The molecule has 0 heterocycles. The summed E-state index contributed by atoms with van der Waals surface area (Å²) in [4.78, 5) is 0. The second kappa shape index (κ2) is 3.60. The number of hydrogen-bond acceptors (Lipinski definition) is 1. The summed E-state index contributed by atoms with van der Waals surface area (Å²) in [5.74, 6) is 0.275. The number of benzene rings is 1. The third kappa shape index (κ3) is 2.05. The first-order chi connectivity index (χ1) is 6.99. The highest BCUT2D eigenvalue weighted by Gasteiger charge is 2.37. The summed E-state index contributed by atoms with van der Waals surface area (Å²) in [6.07, 6.45) is 2.51. The van der Waals surface area contributed by atoms with Crippen LogP contribution in [0.25, 0.3) is 0 Å². The van der Waals surface area contributed by atoms with Crippen molar-refractivity contribution in [1.29, 1.82) is 0 Å². The minimum absolute atomic E-state index is 0.252. The van der Waals surface area contributed by atoms with Gasteiger partial charge in [0, 0.05) is 0 Å². The van der Waals surface area contributed by atoms with Crippen molar-refractivity contribution in [2.45, 2.75) is 38.7 Å². The Balaban J connectivity index is 2.36. The Morgan fingerprint density at radius 3 is 2.67 bits per heavy atom. The monoisotopic (exact) mass is 208 g/mol. The molecule has 1 aliphatic carbocycles. The minimum Gasteiger partial charge on any atom is -0.385 e. The zero-order valence-electron chi connectivity index (χ0n) is 9.26. The highest BCUT2D eigenvalue weighted by atomic mass is 19.1. The molecule has 0 aromatic heterocycles. The van der Waals surface area contributed by atoms with Gasteiger partial charge in [0.2, 0.25) is 0 Å². The molecule has 2 unspecified atom stereocenters. The van der Waals surface area contributed by atoms with Crippen LogP contribution in [0, 0.1) is 18.7 Å². The molecule has 82 valence electrons. The molecule has 1 N–H and O–H groups in total. The van der Waals surface area contributed by atoms with Gasteiger partial charge in [-0.1, -0.05) is 13.0 Å². The molecule has 1 fully saturated rings. The first-order valence-electron chi connectivity index (χ1n) is 5.50. The predicted octanol–water partition coefficient (Wildman–Crippen LogP) is 3.14. The van der Waals surface area contributed by atoms with Crippen LogP contribution in [-0.4, -0.2) is 5.11 Å². The second-order valence-electron chi connectivity index (χ2n) is 4.90. The zero-order valence-corrected chi connectivity index (χ0v) is 9.26. The van der Waals surface area contributed by atoms with Crippen molar-refractivity contribution in [1.82, 2.24) is 0 Å². The average Bonchev–Trinajstić information content (AvgIpc) is 2.46. The third-order valence-electron chi connectivity index (χ3n) is 3.32. The lowest BCUT2D eigenvalue weighted by molar-refractivity contribution is 0.0404. The molecule has 1 aliphatic rings. The average molecular weight is 208 g/mol. The topological polar surface area (TPSA) is 20.2 Å². The van der Waals surface area contributed by atoms with Gasteiger partial charge in [-0.25, -0.2) is 4.39 Å². The maximum Gasteiger partial charge on any atom is 0.123 e. The van der Waals surface area contributed by atoms with Crippen LogP contribution in [0.5, 0.6) is 0 Å². The third-order valence-corrected chi connectivity index (χ3v) is 3.32. The van der Waals surface area contributed by atoms with Gasteiger partial charge in [0.15, 0.2) is 0 Å². The number of aryl methyl sites for hydroxylation is 1. The second-order valence-corrected chi connectivity index (χ2v) is 4.90. The van der Waals surface area contributed by atoms with E-state index < -0.39 is 5.60 Å². The van der Waals surface area contributed by atoms with E-state index in [4.69, 9.17) is 0 Å². The Morgan fingerprint density at radius 1 is 1.40 bits per heavy atom. The lowest BCUT2D eigenvalue weighted by Gasteiger charge is -2.23. The molecule has 0 amide bonds. The summed E-state index contributed by atoms with van der Waals surface area (Å²) in [5.41, 5.74) is 0.814. The van der Waals surface area contributed by atoms with Crippen LogP contribution in [0.15, 0.2) is 18.2 Å². The largest absolute Gasteiger partial charge is 0.385 e. The molecular weight excluding hydrogens is 191 g/mol. The fraction of sp³-hybridized carbons (Fsp3) is 0.538. The number of hydrogen-bond donors (Lipinski definition) is 1. The Bertz CT molecular complexity index is 355. The zero-order chi connectivity index (χ0) is 11.1. The summed E-state index contributed by atoms with van der Waals surface area (Å²) in [7, 11) is 0. The smallest absolute Gasteiger partial charge is 0.123 e. The summed E-state index contributed by atoms with van der Waals surface area (Å²) < 4.78 is 13.2. The fourth-order valence-electron chi connectivity index (χ4n) is 2.53. The molecule has 0 saturated heterocycles. The standard InChI is InChI=1S/C13H17FO/c1-9-3-4-13(15,8-9)11-5-10(2)6-12(14)7-11/h5-7,9,15H,3-4,8H2,1-2H3. The molecule has 0 aliphatic heterocycles. The van der Waals surface area contributed by atoms with Gasteiger partial charge in [-0.05, 0) is 55.4 Å². The molecular formula is C13H17FO. The molecule has 1 nitrogen and oxygen atoms in total. The molecule has 0 spiro atoms. The Kier molecular flexibility index (Phi) is 2.55. The fourth-order valence-corrected chi connectivity index (χ4v) is 2.53. The van der Waals surface area contributed by atoms with Crippen LogP contribution < -0.4 is 0 Å². The van der Waals surface area contributed by atoms with E-state index in [2.05, 4.69) is 6.92 Å². The van der Waals surface area contributed by atoms with Gasteiger partial charge in [-0.2, -0.15) is 0 Å². The Labute approximate surface area is 89.9 Å². The minimum atomic E-state index is -0.799. The number of halogens is 1.